The van der Waals surface area contributed by atoms with E-state index in [9.17, 15) is 14.0 Å². The minimum Gasteiger partial charge on any atom is -0.493 e. The molecule has 0 fully saturated rings. The number of halogens is 1. The van der Waals surface area contributed by atoms with Crippen LogP contribution in [-0.2, 0) is 9.53 Å². The Morgan fingerprint density at radius 3 is 2.36 bits per heavy atom. The van der Waals surface area contributed by atoms with Crippen LogP contribution < -0.4 is 4.74 Å². The van der Waals surface area contributed by atoms with Crippen LogP contribution in [0.1, 0.15) is 16.8 Å². The van der Waals surface area contributed by atoms with Crippen molar-refractivity contribution in [2.45, 2.75) is 6.42 Å². The first-order chi connectivity index (χ1) is 10.7. The third kappa shape index (κ3) is 4.70. The topological polar surface area (TPSA) is 52.6 Å². The minimum absolute atomic E-state index is 0.0133. The standard InChI is InChI=1S/C17H15FO4/c18-15-9-5-4-8-14(15)16(19)12-22-17(20)10-11-21-13-6-2-1-3-7-13/h1-9H,10-12H2. The number of rotatable bonds is 7. The molecule has 0 spiro atoms. The summed E-state index contributed by atoms with van der Waals surface area (Å²) in [6.07, 6.45) is 0.0133. The highest BCUT2D eigenvalue weighted by atomic mass is 19.1. The average molecular weight is 302 g/mol. The lowest BCUT2D eigenvalue weighted by atomic mass is 10.1. The van der Waals surface area contributed by atoms with Gasteiger partial charge in [0.1, 0.15) is 11.6 Å². The van der Waals surface area contributed by atoms with E-state index in [0.29, 0.717) is 5.75 Å². The summed E-state index contributed by atoms with van der Waals surface area (Å²) >= 11 is 0. The molecule has 4 nitrogen and oxygen atoms in total. The van der Waals surface area contributed by atoms with Gasteiger partial charge >= 0.3 is 5.97 Å². The van der Waals surface area contributed by atoms with Gasteiger partial charge in [0.25, 0.3) is 0 Å². The molecule has 0 aliphatic rings. The summed E-state index contributed by atoms with van der Waals surface area (Å²) in [4.78, 5) is 23.2. The lowest BCUT2D eigenvalue weighted by molar-refractivity contribution is -0.143. The van der Waals surface area contributed by atoms with Gasteiger partial charge in [-0.2, -0.15) is 0 Å². The van der Waals surface area contributed by atoms with Crippen molar-refractivity contribution >= 4 is 11.8 Å². The van der Waals surface area contributed by atoms with Crippen molar-refractivity contribution in [3.05, 3.63) is 66.0 Å². The molecule has 22 heavy (non-hydrogen) atoms. The Bertz CT molecular complexity index is 640. The molecule has 0 aliphatic carbocycles. The van der Waals surface area contributed by atoms with Crippen LogP contribution in [0.15, 0.2) is 54.6 Å². The number of carbonyl (C=O) groups excluding carboxylic acids is 2. The van der Waals surface area contributed by atoms with Crippen molar-refractivity contribution in [1.29, 1.82) is 0 Å². The zero-order valence-corrected chi connectivity index (χ0v) is 11.8. The van der Waals surface area contributed by atoms with Crippen molar-refractivity contribution in [1.82, 2.24) is 0 Å². The maximum Gasteiger partial charge on any atom is 0.309 e. The van der Waals surface area contributed by atoms with Crippen molar-refractivity contribution < 1.29 is 23.5 Å². The predicted molar refractivity (Wildman–Crippen MR) is 78.2 cm³/mol. The van der Waals surface area contributed by atoms with E-state index in [1.807, 2.05) is 18.2 Å². The van der Waals surface area contributed by atoms with Gasteiger partial charge in [0.15, 0.2) is 6.61 Å². The van der Waals surface area contributed by atoms with Gasteiger partial charge in [-0.1, -0.05) is 30.3 Å². The zero-order chi connectivity index (χ0) is 15.8. The molecular weight excluding hydrogens is 287 g/mol. The van der Waals surface area contributed by atoms with Gasteiger partial charge in [0, 0.05) is 0 Å². The zero-order valence-electron chi connectivity index (χ0n) is 11.8. The van der Waals surface area contributed by atoms with Crippen LogP contribution in [0.3, 0.4) is 0 Å². The lowest BCUT2D eigenvalue weighted by Crippen LogP contribution is -2.16. The Hall–Kier alpha value is -2.69. The van der Waals surface area contributed by atoms with Crippen LogP contribution in [-0.4, -0.2) is 25.0 Å². The molecule has 0 N–H and O–H groups in total. The largest absolute Gasteiger partial charge is 0.493 e. The van der Waals surface area contributed by atoms with E-state index in [-0.39, 0.29) is 18.6 Å². The Morgan fingerprint density at radius 1 is 0.955 bits per heavy atom. The molecule has 114 valence electrons. The quantitative estimate of drug-likeness (QED) is 0.583. The van der Waals surface area contributed by atoms with Gasteiger partial charge < -0.3 is 9.47 Å². The second-order valence-corrected chi connectivity index (χ2v) is 4.48. The first-order valence-electron chi connectivity index (χ1n) is 6.78. The third-order valence-corrected chi connectivity index (χ3v) is 2.86. The Morgan fingerprint density at radius 2 is 1.64 bits per heavy atom. The van der Waals surface area contributed by atoms with E-state index in [2.05, 4.69) is 0 Å². The van der Waals surface area contributed by atoms with E-state index in [1.54, 1.807) is 18.2 Å². The number of hydrogen-bond acceptors (Lipinski definition) is 4. The molecule has 0 heterocycles. The van der Waals surface area contributed by atoms with Gasteiger partial charge in [-0.15, -0.1) is 0 Å². The molecule has 2 aromatic carbocycles. The maximum absolute atomic E-state index is 13.4. The number of ketones is 1. The van der Waals surface area contributed by atoms with Gasteiger partial charge in [0.05, 0.1) is 18.6 Å². The summed E-state index contributed by atoms with van der Waals surface area (Å²) in [5.74, 6) is -1.12. The monoisotopic (exact) mass is 302 g/mol. The van der Waals surface area contributed by atoms with Crippen LogP contribution in [0.4, 0.5) is 4.39 Å². The second kappa shape index (κ2) is 7.93. The first kappa shape index (κ1) is 15.7. The van der Waals surface area contributed by atoms with Crippen LogP contribution >= 0.6 is 0 Å². The first-order valence-corrected chi connectivity index (χ1v) is 6.78. The number of Topliss-reactive ketones (excluding diaryl/α,β-unsaturated/α-hetero) is 1. The summed E-state index contributed by atoms with van der Waals surface area (Å²) < 4.78 is 23.5. The van der Waals surface area contributed by atoms with Crippen LogP contribution in [0.25, 0.3) is 0 Å². The number of esters is 1. The minimum atomic E-state index is -0.629. The second-order valence-electron chi connectivity index (χ2n) is 4.48. The highest BCUT2D eigenvalue weighted by Crippen LogP contribution is 2.09. The molecule has 0 saturated heterocycles. The van der Waals surface area contributed by atoms with Crippen molar-refractivity contribution in [3.8, 4) is 5.75 Å². The van der Waals surface area contributed by atoms with Gasteiger partial charge in [-0.05, 0) is 24.3 Å². The average Bonchev–Trinajstić information content (AvgIpc) is 2.54. The molecule has 0 amide bonds. The molecule has 0 bridgehead atoms. The van der Waals surface area contributed by atoms with E-state index in [4.69, 9.17) is 9.47 Å². The fourth-order valence-corrected chi connectivity index (χ4v) is 1.75. The van der Waals surface area contributed by atoms with Gasteiger partial charge in [0.2, 0.25) is 5.78 Å². The van der Waals surface area contributed by atoms with E-state index < -0.39 is 24.2 Å². The highest BCUT2D eigenvalue weighted by molar-refractivity contribution is 5.98. The van der Waals surface area contributed by atoms with Gasteiger partial charge in [-0.25, -0.2) is 4.39 Å². The fourth-order valence-electron chi connectivity index (χ4n) is 1.75. The molecule has 0 atom stereocenters. The van der Waals surface area contributed by atoms with Crippen LogP contribution in [0.5, 0.6) is 5.75 Å². The fraction of sp³-hybridized carbons (Fsp3) is 0.176. The summed E-state index contributed by atoms with van der Waals surface area (Å²) in [6, 6.07) is 14.6. The molecule has 0 unspecified atom stereocenters. The predicted octanol–water partition coefficient (Wildman–Crippen LogP) is 3.02. The molecule has 5 heteroatoms. The normalized spacial score (nSPS) is 10.0. The summed E-state index contributed by atoms with van der Waals surface area (Å²) in [6.45, 7) is -0.332. The van der Waals surface area contributed by atoms with Gasteiger partial charge in [-0.3, -0.25) is 9.59 Å². The third-order valence-electron chi connectivity index (χ3n) is 2.86. The van der Waals surface area contributed by atoms with E-state index in [0.717, 1.165) is 0 Å². The summed E-state index contributed by atoms with van der Waals surface area (Å²) in [5.41, 5.74) is -0.0872. The molecule has 0 aliphatic heterocycles. The number of ether oxygens (including phenoxy) is 2. The summed E-state index contributed by atoms with van der Waals surface area (Å²) in [5, 5.41) is 0. The molecule has 0 aromatic heterocycles. The Labute approximate surface area is 127 Å². The Balaban J connectivity index is 1.72. The lowest BCUT2D eigenvalue weighted by Gasteiger charge is -2.07. The van der Waals surface area contributed by atoms with E-state index >= 15 is 0 Å². The molecular formula is C17H15FO4. The molecule has 0 saturated carbocycles. The smallest absolute Gasteiger partial charge is 0.309 e. The van der Waals surface area contributed by atoms with Crippen molar-refractivity contribution in [3.63, 3.8) is 0 Å². The molecule has 0 radical (unpaired) electrons. The maximum atomic E-state index is 13.4. The number of hydrogen-bond donors (Lipinski definition) is 0. The van der Waals surface area contributed by atoms with Crippen molar-refractivity contribution in [2.75, 3.05) is 13.2 Å². The van der Waals surface area contributed by atoms with Crippen molar-refractivity contribution in [2.24, 2.45) is 0 Å². The number of para-hydroxylation sites is 1. The highest BCUT2D eigenvalue weighted by Gasteiger charge is 2.13. The Kier molecular flexibility index (Phi) is 5.65. The molecule has 2 aromatic rings. The summed E-state index contributed by atoms with van der Waals surface area (Å²) in [7, 11) is 0. The van der Waals surface area contributed by atoms with Crippen LogP contribution in [0.2, 0.25) is 0 Å². The molecule has 2 rings (SSSR count). The number of benzene rings is 2. The SMILES string of the molecule is O=C(CCOc1ccccc1)OCC(=O)c1ccccc1F. The van der Waals surface area contributed by atoms with Crippen LogP contribution in [0, 0.1) is 5.82 Å². The number of carbonyl (C=O) groups is 2. The van der Waals surface area contributed by atoms with E-state index in [1.165, 1.54) is 18.2 Å².